The summed E-state index contributed by atoms with van der Waals surface area (Å²) in [6.07, 6.45) is 2.20. The van der Waals surface area contributed by atoms with Gasteiger partial charge >= 0.3 is 0 Å². The first-order chi connectivity index (χ1) is 12.4. The number of aryl methyl sites for hydroxylation is 1. The van der Waals surface area contributed by atoms with E-state index in [1.54, 1.807) is 0 Å². The van der Waals surface area contributed by atoms with Gasteiger partial charge in [-0.1, -0.05) is 12.1 Å². The molecule has 0 saturated carbocycles. The highest BCUT2D eigenvalue weighted by Crippen LogP contribution is 2.24. The van der Waals surface area contributed by atoms with Crippen LogP contribution in [0.25, 0.3) is 0 Å². The van der Waals surface area contributed by atoms with Crippen LogP contribution in [0.4, 0.5) is 0 Å². The average Bonchev–Trinajstić information content (AvgIpc) is 3.06. The molecule has 0 bridgehead atoms. The van der Waals surface area contributed by atoms with Crippen molar-refractivity contribution in [3.63, 3.8) is 0 Å². The maximum Gasteiger partial charge on any atom is 0.191 e. The summed E-state index contributed by atoms with van der Waals surface area (Å²) in [6, 6.07) is 6.07. The Morgan fingerprint density at radius 1 is 1.38 bits per heavy atom. The number of hydrogen-bond acceptors (Lipinski definition) is 5. The average molecular weight is 384 g/mol. The minimum absolute atomic E-state index is 0.0674. The lowest BCUT2D eigenvalue weighted by Crippen LogP contribution is -2.39. The lowest BCUT2D eigenvalue weighted by atomic mass is 10.1. The van der Waals surface area contributed by atoms with Crippen LogP contribution in [0, 0.1) is 6.92 Å². The van der Waals surface area contributed by atoms with Gasteiger partial charge in [-0.25, -0.2) is 13.4 Å². The molecule has 1 heterocycles. The van der Waals surface area contributed by atoms with Crippen LogP contribution in [0.3, 0.4) is 0 Å². The molecule has 1 aromatic rings. The summed E-state index contributed by atoms with van der Waals surface area (Å²) in [4.78, 5) is 4.56. The van der Waals surface area contributed by atoms with E-state index < -0.39 is 9.84 Å². The number of ether oxygens (including phenoxy) is 2. The van der Waals surface area contributed by atoms with Gasteiger partial charge in [0, 0.05) is 31.3 Å². The molecule has 0 amide bonds. The van der Waals surface area contributed by atoms with Crippen LogP contribution in [0.15, 0.2) is 23.2 Å². The third-order valence-electron chi connectivity index (χ3n) is 3.92. The Morgan fingerprint density at radius 3 is 2.85 bits per heavy atom. The van der Waals surface area contributed by atoms with E-state index in [0.717, 1.165) is 29.9 Å². The zero-order chi connectivity index (χ0) is 19.0. The van der Waals surface area contributed by atoms with Crippen molar-refractivity contribution in [3.8, 4) is 5.75 Å². The lowest BCUT2D eigenvalue weighted by molar-refractivity contribution is 0.140. The van der Waals surface area contributed by atoms with Gasteiger partial charge in [-0.05, 0) is 25.5 Å². The number of rotatable bonds is 8. The number of sulfone groups is 1. The first-order valence-electron chi connectivity index (χ1n) is 8.91. The molecule has 2 rings (SSSR count). The number of nitrogens with zero attached hydrogens (tertiary/aromatic N) is 1. The van der Waals surface area contributed by atoms with Crippen molar-refractivity contribution in [2.75, 3.05) is 38.3 Å². The molecule has 1 fully saturated rings. The fourth-order valence-electron chi connectivity index (χ4n) is 2.55. The predicted molar refractivity (Wildman–Crippen MR) is 104 cm³/mol. The third kappa shape index (κ3) is 7.21. The molecule has 8 heteroatoms. The second kappa shape index (κ2) is 9.78. The normalized spacial score (nSPS) is 18.0. The van der Waals surface area contributed by atoms with Gasteiger partial charge in [0.2, 0.25) is 0 Å². The van der Waals surface area contributed by atoms with Crippen molar-refractivity contribution in [2.24, 2.45) is 4.99 Å². The van der Waals surface area contributed by atoms with E-state index in [4.69, 9.17) is 9.47 Å². The number of aliphatic imine (C=N–C) groups is 1. The number of hydrogen-bond donors (Lipinski definition) is 2. The van der Waals surface area contributed by atoms with E-state index in [0.29, 0.717) is 32.2 Å². The third-order valence-corrected chi connectivity index (χ3v) is 4.87. The van der Waals surface area contributed by atoms with Gasteiger partial charge in [0.05, 0.1) is 25.5 Å². The van der Waals surface area contributed by atoms with Crippen molar-refractivity contribution >= 4 is 15.8 Å². The Labute approximate surface area is 156 Å². The molecule has 2 N–H and O–H groups in total. The molecule has 26 heavy (non-hydrogen) atoms. The molecule has 1 aliphatic rings. The molecule has 1 unspecified atom stereocenters. The summed E-state index contributed by atoms with van der Waals surface area (Å²) in [5, 5.41) is 6.18. The van der Waals surface area contributed by atoms with Gasteiger partial charge in [0.15, 0.2) is 5.96 Å². The molecule has 0 radical (unpaired) electrons. The van der Waals surface area contributed by atoms with Crippen LogP contribution in [-0.4, -0.2) is 58.8 Å². The van der Waals surface area contributed by atoms with E-state index in [-0.39, 0.29) is 11.9 Å². The van der Waals surface area contributed by atoms with Crippen LogP contribution < -0.4 is 15.4 Å². The summed E-state index contributed by atoms with van der Waals surface area (Å²) in [5.41, 5.74) is 2.12. The van der Waals surface area contributed by atoms with Crippen LogP contribution in [0.5, 0.6) is 5.75 Å². The van der Waals surface area contributed by atoms with Gasteiger partial charge in [0.25, 0.3) is 0 Å². The number of guanidine groups is 1. The predicted octanol–water partition coefficient (Wildman–Crippen LogP) is 1.26. The van der Waals surface area contributed by atoms with Gasteiger partial charge in [-0.15, -0.1) is 0 Å². The molecule has 1 atom stereocenters. The van der Waals surface area contributed by atoms with Crippen molar-refractivity contribution in [1.29, 1.82) is 0 Å². The van der Waals surface area contributed by atoms with Gasteiger partial charge in [-0.3, -0.25) is 0 Å². The Bertz CT molecular complexity index is 713. The molecular weight excluding hydrogens is 354 g/mol. The smallest absolute Gasteiger partial charge is 0.191 e. The second-order valence-corrected chi connectivity index (χ2v) is 8.73. The summed E-state index contributed by atoms with van der Waals surface area (Å²) < 4.78 is 34.0. The van der Waals surface area contributed by atoms with E-state index >= 15 is 0 Å². The fraction of sp³-hybridized carbons (Fsp3) is 0.611. The number of nitrogens with one attached hydrogen (secondary N) is 2. The first-order valence-corrected chi connectivity index (χ1v) is 11.0. The SMILES string of the molecule is CCNC(=NCc1ccc(C)cc1OC1CCOC1)NCCS(C)(=O)=O. The van der Waals surface area contributed by atoms with E-state index in [1.807, 2.05) is 32.0 Å². The Hall–Kier alpha value is -1.80. The summed E-state index contributed by atoms with van der Waals surface area (Å²) in [5.74, 6) is 1.49. The van der Waals surface area contributed by atoms with Crippen LogP contribution in [0.2, 0.25) is 0 Å². The highest BCUT2D eigenvalue weighted by atomic mass is 32.2. The van der Waals surface area contributed by atoms with E-state index in [1.165, 1.54) is 6.26 Å². The Morgan fingerprint density at radius 2 is 2.19 bits per heavy atom. The minimum atomic E-state index is -3.00. The fourth-order valence-corrected chi connectivity index (χ4v) is 3.02. The molecule has 1 aliphatic heterocycles. The molecule has 0 aliphatic carbocycles. The summed E-state index contributed by atoms with van der Waals surface area (Å²) in [6.45, 7) is 6.81. The molecular formula is C18H29N3O4S. The largest absolute Gasteiger partial charge is 0.488 e. The quantitative estimate of drug-likeness (QED) is 0.519. The molecule has 0 aromatic heterocycles. The van der Waals surface area contributed by atoms with E-state index in [2.05, 4.69) is 15.6 Å². The van der Waals surface area contributed by atoms with Gasteiger partial charge in [-0.2, -0.15) is 0 Å². The van der Waals surface area contributed by atoms with Crippen molar-refractivity contribution in [1.82, 2.24) is 10.6 Å². The zero-order valence-corrected chi connectivity index (χ0v) is 16.6. The Balaban J connectivity index is 2.04. The molecule has 1 saturated heterocycles. The van der Waals surface area contributed by atoms with Gasteiger partial charge in [0.1, 0.15) is 21.7 Å². The highest BCUT2D eigenvalue weighted by molar-refractivity contribution is 7.90. The number of benzene rings is 1. The molecule has 146 valence electrons. The zero-order valence-electron chi connectivity index (χ0n) is 15.7. The van der Waals surface area contributed by atoms with Crippen LogP contribution >= 0.6 is 0 Å². The topological polar surface area (TPSA) is 89.0 Å². The Kier molecular flexibility index (Phi) is 7.71. The second-order valence-electron chi connectivity index (χ2n) is 6.47. The summed E-state index contributed by atoms with van der Waals surface area (Å²) in [7, 11) is -3.00. The van der Waals surface area contributed by atoms with E-state index in [9.17, 15) is 8.42 Å². The molecule has 1 aromatic carbocycles. The standard InChI is InChI=1S/C18H29N3O4S/c1-4-19-18(20-8-10-26(3,22)23)21-12-15-6-5-14(2)11-17(15)25-16-7-9-24-13-16/h5-6,11,16H,4,7-10,12-13H2,1-3H3,(H2,19,20,21). The van der Waals surface area contributed by atoms with Crippen LogP contribution in [-0.2, 0) is 21.1 Å². The summed E-state index contributed by atoms with van der Waals surface area (Å²) >= 11 is 0. The van der Waals surface area contributed by atoms with Crippen molar-refractivity contribution < 1.29 is 17.9 Å². The molecule has 7 nitrogen and oxygen atoms in total. The van der Waals surface area contributed by atoms with Crippen molar-refractivity contribution in [2.45, 2.75) is 32.9 Å². The minimum Gasteiger partial charge on any atom is -0.488 e. The van der Waals surface area contributed by atoms with Crippen molar-refractivity contribution in [3.05, 3.63) is 29.3 Å². The van der Waals surface area contributed by atoms with Gasteiger partial charge < -0.3 is 20.1 Å². The lowest BCUT2D eigenvalue weighted by Gasteiger charge is -2.16. The highest BCUT2D eigenvalue weighted by Gasteiger charge is 2.18. The first kappa shape index (κ1) is 20.5. The molecule has 0 spiro atoms. The maximum atomic E-state index is 11.3. The maximum absolute atomic E-state index is 11.3. The van der Waals surface area contributed by atoms with Crippen LogP contribution in [0.1, 0.15) is 24.5 Å². The monoisotopic (exact) mass is 383 g/mol.